The van der Waals surface area contributed by atoms with Gasteiger partial charge in [-0.1, -0.05) is 121 Å². The van der Waals surface area contributed by atoms with E-state index in [2.05, 4.69) is 185 Å². The average molecular weight is 651 g/mol. The lowest BCUT2D eigenvalue weighted by Gasteiger charge is -2.11. The zero-order valence-corrected chi connectivity index (χ0v) is 27.6. The first-order chi connectivity index (χ1) is 25.3. The topological polar surface area (TPSA) is 23.0 Å². The Kier molecular flexibility index (Phi) is 5.96. The van der Waals surface area contributed by atoms with E-state index in [1.165, 1.54) is 55.0 Å². The Bertz CT molecular complexity index is 3090. The minimum Gasteiger partial charge on any atom is -0.455 e. The first-order valence-electron chi connectivity index (χ1n) is 17.4. The fourth-order valence-electron chi connectivity index (χ4n) is 8.23. The molecule has 0 spiro atoms. The van der Waals surface area contributed by atoms with Crippen LogP contribution in [0.5, 0.6) is 0 Å². The Morgan fingerprint density at radius 1 is 0.314 bits per heavy atom. The lowest BCUT2D eigenvalue weighted by Crippen LogP contribution is -1.95. The third kappa shape index (κ3) is 4.12. The molecule has 51 heavy (non-hydrogen) atoms. The molecule has 11 rings (SSSR count). The number of nitrogens with zero attached hydrogens (tertiary/aromatic N) is 2. The quantitative estimate of drug-likeness (QED) is 0.186. The zero-order valence-electron chi connectivity index (χ0n) is 27.6. The standard InChI is InChI=1S/C48H30N2O/c1-3-11-31(12-4-1)32-19-21-33(22-20-32)34-23-25-36(26-24-34)49-41-17-9-7-16-39(41)45-42(49)30-28-40-46-43(50(47(40)45)35-13-5-2-6-14-35)29-27-38-37-15-8-10-18-44(37)51-48(38)46/h1-30H. The molecule has 8 aromatic carbocycles. The smallest absolute Gasteiger partial charge is 0.145 e. The van der Waals surface area contributed by atoms with Gasteiger partial charge in [-0.05, 0) is 82.9 Å². The highest BCUT2D eigenvalue weighted by Crippen LogP contribution is 2.45. The summed E-state index contributed by atoms with van der Waals surface area (Å²) in [6, 6.07) is 65.3. The van der Waals surface area contributed by atoms with E-state index in [-0.39, 0.29) is 0 Å². The molecule has 0 aliphatic heterocycles. The number of rotatable bonds is 4. The second kappa shape index (κ2) is 10.8. The van der Waals surface area contributed by atoms with Crippen LogP contribution in [-0.2, 0) is 0 Å². The molecule has 0 fully saturated rings. The molecule has 0 aliphatic rings. The van der Waals surface area contributed by atoms with Crippen molar-refractivity contribution < 1.29 is 4.42 Å². The highest BCUT2D eigenvalue weighted by molar-refractivity contribution is 6.30. The van der Waals surface area contributed by atoms with Crippen molar-refractivity contribution in [2.24, 2.45) is 0 Å². The Hall–Kier alpha value is -6.84. The third-order valence-electron chi connectivity index (χ3n) is 10.5. The van der Waals surface area contributed by atoms with Crippen LogP contribution in [0.2, 0.25) is 0 Å². The molecule has 3 heteroatoms. The minimum absolute atomic E-state index is 0.911. The van der Waals surface area contributed by atoms with Gasteiger partial charge >= 0.3 is 0 Å². The summed E-state index contributed by atoms with van der Waals surface area (Å²) in [7, 11) is 0. The molecule has 0 N–H and O–H groups in total. The summed E-state index contributed by atoms with van der Waals surface area (Å²) < 4.78 is 11.5. The molecule has 0 radical (unpaired) electrons. The van der Waals surface area contributed by atoms with Crippen LogP contribution in [0.3, 0.4) is 0 Å². The van der Waals surface area contributed by atoms with Gasteiger partial charge in [0.15, 0.2) is 0 Å². The lowest BCUT2D eigenvalue weighted by molar-refractivity contribution is 0.673. The number of para-hydroxylation sites is 3. The monoisotopic (exact) mass is 650 g/mol. The van der Waals surface area contributed by atoms with Crippen LogP contribution in [0.15, 0.2) is 186 Å². The summed E-state index contributed by atoms with van der Waals surface area (Å²) in [5.41, 5.74) is 13.6. The summed E-state index contributed by atoms with van der Waals surface area (Å²) in [6.07, 6.45) is 0. The molecule has 3 aromatic heterocycles. The first-order valence-corrected chi connectivity index (χ1v) is 17.4. The number of furan rings is 1. The highest BCUT2D eigenvalue weighted by Gasteiger charge is 2.23. The number of benzene rings is 8. The van der Waals surface area contributed by atoms with Gasteiger partial charge in [-0.25, -0.2) is 0 Å². The Balaban J connectivity index is 1.15. The molecule has 238 valence electrons. The molecule has 0 saturated heterocycles. The van der Waals surface area contributed by atoms with Crippen LogP contribution in [0.25, 0.3) is 99.2 Å². The molecule has 0 amide bonds. The van der Waals surface area contributed by atoms with Crippen LogP contribution in [0, 0.1) is 0 Å². The predicted octanol–water partition coefficient (Wildman–Crippen LogP) is 13.1. The van der Waals surface area contributed by atoms with Crippen LogP contribution in [0.1, 0.15) is 0 Å². The summed E-state index contributed by atoms with van der Waals surface area (Å²) >= 11 is 0. The van der Waals surface area contributed by atoms with E-state index in [1.807, 2.05) is 6.07 Å². The molecule has 0 bridgehead atoms. The summed E-state index contributed by atoms with van der Waals surface area (Å²) in [5, 5.41) is 7.06. The van der Waals surface area contributed by atoms with E-state index in [1.54, 1.807) is 0 Å². The Morgan fingerprint density at radius 2 is 0.843 bits per heavy atom. The summed E-state index contributed by atoms with van der Waals surface area (Å²) in [5.74, 6) is 0. The van der Waals surface area contributed by atoms with E-state index in [0.717, 1.165) is 44.2 Å². The average Bonchev–Trinajstić information content (AvgIpc) is 3.86. The van der Waals surface area contributed by atoms with Crippen LogP contribution in [0.4, 0.5) is 0 Å². The van der Waals surface area contributed by atoms with Crippen molar-refractivity contribution in [2.45, 2.75) is 0 Å². The van der Waals surface area contributed by atoms with Crippen molar-refractivity contribution in [3.05, 3.63) is 182 Å². The highest BCUT2D eigenvalue weighted by atomic mass is 16.3. The molecular weight excluding hydrogens is 621 g/mol. The van der Waals surface area contributed by atoms with Gasteiger partial charge in [-0.15, -0.1) is 0 Å². The van der Waals surface area contributed by atoms with Gasteiger partial charge in [0.05, 0.1) is 27.5 Å². The largest absolute Gasteiger partial charge is 0.455 e. The molecule has 3 heterocycles. The predicted molar refractivity (Wildman–Crippen MR) is 213 cm³/mol. The second-order valence-electron chi connectivity index (χ2n) is 13.3. The molecule has 0 atom stereocenters. The maximum Gasteiger partial charge on any atom is 0.145 e. The maximum atomic E-state index is 6.66. The number of fused-ring (bicyclic) bond motifs is 11. The maximum absolute atomic E-state index is 6.66. The van der Waals surface area contributed by atoms with Gasteiger partial charge in [0.2, 0.25) is 0 Å². The number of hydrogen-bond acceptors (Lipinski definition) is 1. The van der Waals surface area contributed by atoms with Crippen molar-refractivity contribution in [3.63, 3.8) is 0 Å². The lowest BCUT2D eigenvalue weighted by atomic mass is 10.0. The fourth-order valence-corrected chi connectivity index (χ4v) is 8.23. The fraction of sp³-hybridized carbons (Fsp3) is 0. The SMILES string of the molecule is c1ccc(-c2ccc(-c3ccc(-n4c5ccccc5c5c4ccc4c6c7oc8ccccc8c7ccc6n(-c6ccccc6)c45)cc3)cc2)cc1. The third-order valence-corrected chi connectivity index (χ3v) is 10.5. The van der Waals surface area contributed by atoms with Crippen LogP contribution in [-0.4, -0.2) is 9.13 Å². The van der Waals surface area contributed by atoms with E-state index in [9.17, 15) is 0 Å². The Morgan fingerprint density at radius 3 is 1.57 bits per heavy atom. The van der Waals surface area contributed by atoms with Gasteiger partial charge in [0.25, 0.3) is 0 Å². The van der Waals surface area contributed by atoms with Gasteiger partial charge in [0, 0.05) is 38.3 Å². The molecule has 0 aliphatic carbocycles. The number of hydrogen-bond donors (Lipinski definition) is 0. The van der Waals surface area contributed by atoms with Crippen LogP contribution < -0.4 is 0 Å². The van der Waals surface area contributed by atoms with E-state index >= 15 is 0 Å². The second-order valence-corrected chi connectivity index (χ2v) is 13.3. The Labute approximate surface area is 293 Å². The first kappa shape index (κ1) is 28.0. The molecule has 0 saturated carbocycles. The molecular formula is C48H30N2O. The molecule has 0 unspecified atom stereocenters. The van der Waals surface area contributed by atoms with E-state index in [0.29, 0.717) is 0 Å². The minimum atomic E-state index is 0.911. The van der Waals surface area contributed by atoms with E-state index in [4.69, 9.17) is 4.42 Å². The van der Waals surface area contributed by atoms with Gasteiger partial charge < -0.3 is 13.6 Å². The van der Waals surface area contributed by atoms with Crippen molar-refractivity contribution >= 4 is 65.6 Å². The van der Waals surface area contributed by atoms with Crippen molar-refractivity contribution in [1.29, 1.82) is 0 Å². The van der Waals surface area contributed by atoms with Crippen LogP contribution >= 0.6 is 0 Å². The summed E-state index contributed by atoms with van der Waals surface area (Å²) in [4.78, 5) is 0. The van der Waals surface area contributed by atoms with Gasteiger partial charge in [0.1, 0.15) is 11.2 Å². The zero-order chi connectivity index (χ0) is 33.5. The normalized spacial score (nSPS) is 11.9. The number of aromatic nitrogens is 2. The molecule has 3 nitrogen and oxygen atoms in total. The van der Waals surface area contributed by atoms with Gasteiger partial charge in [-0.3, -0.25) is 0 Å². The van der Waals surface area contributed by atoms with Crippen molar-refractivity contribution in [2.75, 3.05) is 0 Å². The van der Waals surface area contributed by atoms with Gasteiger partial charge in [-0.2, -0.15) is 0 Å². The van der Waals surface area contributed by atoms with Crippen molar-refractivity contribution in [1.82, 2.24) is 9.13 Å². The van der Waals surface area contributed by atoms with Crippen molar-refractivity contribution in [3.8, 4) is 33.6 Å². The summed E-state index contributed by atoms with van der Waals surface area (Å²) in [6.45, 7) is 0. The molecule has 11 aromatic rings. The van der Waals surface area contributed by atoms with E-state index < -0.39 is 0 Å².